The molecule has 2 aromatic carbocycles. The van der Waals surface area contributed by atoms with E-state index in [1.54, 1.807) is 11.8 Å². The maximum atomic E-state index is 6.23. The van der Waals surface area contributed by atoms with Crippen LogP contribution in [0, 0.1) is 0 Å². The summed E-state index contributed by atoms with van der Waals surface area (Å²) in [5.41, 5.74) is 9.58. The quantitative estimate of drug-likeness (QED) is 0.911. The van der Waals surface area contributed by atoms with Gasteiger partial charge in [0.25, 0.3) is 0 Å². The zero-order valence-electron chi connectivity index (χ0n) is 12.4. The summed E-state index contributed by atoms with van der Waals surface area (Å²) in [6, 6.07) is 12.8. The second-order valence-corrected chi connectivity index (χ2v) is 5.89. The van der Waals surface area contributed by atoms with Gasteiger partial charge in [-0.2, -0.15) is 0 Å². The maximum absolute atomic E-state index is 6.23. The highest BCUT2D eigenvalue weighted by Crippen LogP contribution is 2.27. The van der Waals surface area contributed by atoms with Crippen LogP contribution >= 0.6 is 11.8 Å². The standard InChI is InChI=1S/C17H22N2S/c1-19(2)11-10-14-7-4-6-13-8-5-9-15(17(13)14)16(18)12-20-3/h4-9,12H,10-11,18H2,1-3H3/b16-12-. The molecule has 0 unspecified atom stereocenters. The molecule has 20 heavy (non-hydrogen) atoms. The topological polar surface area (TPSA) is 29.3 Å². The lowest BCUT2D eigenvalue weighted by molar-refractivity contribution is 0.414. The highest BCUT2D eigenvalue weighted by atomic mass is 32.2. The summed E-state index contributed by atoms with van der Waals surface area (Å²) < 4.78 is 0. The van der Waals surface area contributed by atoms with Crippen molar-refractivity contribution in [2.75, 3.05) is 26.9 Å². The normalized spacial score (nSPS) is 12.3. The Hall–Kier alpha value is -1.45. The lowest BCUT2D eigenvalue weighted by Crippen LogP contribution is -2.15. The van der Waals surface area contributed by atoms with E-state index >= 15 is 0 Å². The van der Waals surface area contributed by atoms with Crippen molar-refractivity contribution in [3.63, 3.8) is 0 Å². The number of fused-ring (bicyclic) bond motifs is 1. The Morgan fingerprint density at radius 3 is 2.55 bits per heavy atom. The lowest BCUT2D eigenvalue weighted by Gasteiger charge is -2.14. The molecule has 0 radical (unpaired) electrons. The number of thioether (sulfide) groups is 1. The zero-order chi connectivity index (χ0) is 14.5. The van der Waals surface area contributed by atoms with Crippen molar-refractivity contribution in [1.82, 2.24) is 4.90 Å². The molecular weight excluding hydrogens is 264 g/mol. The molecule has 0 saturated carbocycles. The van der Waals surface area contributed by atoms with Gasteiger partial charge in [0.2, 0.25) is 0 Å². The van der Waals surface area contributed by atoms with Gasteiger partial charge >= 0.3 is 0 Å². The van der Waals surface area contributed by atoms with Gasteiger partial charge in [0.05, 0.1) is 0 Å². The average molecular weight is 286 g/mol. The van der Waals surface area contributed by atoms with Gasteiger partial charge in [-0.1, -0.05) is 36.4 Å². The molecular formula is C17H22N2S. The molecule has 2 aromatic rings. The van der Waals surface area contributed by atoms with Gasteiger partial charge in [-0.15, -0.1) is 11.8 Å². The minimum atomic E-state index is 0.848. The van der Waals surface area contributed by atoms with Crippen LogP contribution in [0.1, 0.15) is 11.1 Å². The van der Waals surface area contributed by atoms with E-state index in [0.29, 0.717) is 0 Å². The van der Waals surface area contributed by atoms with E-state index < -0.39 is 0 Å². The Bertz CT molecular complexity index is 612. The molecule has 0 fully saturated rings. The minimum Gasteiger partial charge on any atom is -0.398 e. The summed E-state index contributed by atoms with van der Waals surface area (Å²) in [6.45, 7) is 1.04. The first-order valence-electron chi connectivity index (χ1n) is 6.77. The van der Waals surface area contributed by atoms with Crippen LogP contribution in [0.4, 0.5) is 0 Å². The number of likely N-dealkylation sites (N-methyl/N-ethyl adjacent to an activating group) is 1. The number of nitrogens with zero attached hydrogens (tertiary/aromatic N) is 1. The highest BCUT2D eigenvalue weighted by Gasteiger charge is 2.08. The molecule has 0 aliphatic heterocycles. The zero-order valence-corrected chi connectivity index (χ0v) is 13.2. The highest BCUT2D eigenvalue weighted by molar-refractivity contribution is 8.01. The van der Waals surface area contributed by atoms with Gasteiger partial charge in [0.15, 0.2) is 0 Å². The molecule has 2 rings (SSSR count). The molecule has 0 spiro atoms. The molecule has 2 N–H and O–H groups in total. The Morgan fingerprint density at radius 1 is 1.20 bits per heavy atom. The van der Waals surface area contributed by atoms with Crippen molar-refractivity contribution in [2.24, 2.45) is 5.73 Å². The van der Waals surface area contributed by atoms with Gasteiger partial charge in [-0.25, -0.2) is 0 Å². The van der Waals surface area contributed by atoms with Crippen LogP contribution in [-0.4, -0.2) is 31.8 Å². The molecule has 0 aromatic heterocycles. The van der Waals surface area contributed by atoms with Crippen LogP contribution in [-0.2, 0) is 6.42 Å². The van der Waals surface area contributed by atoms with Crippen molar-refractivity contribution >= 4 is 28.2 Å². The van der Waals surface area contributed by atoms with Crippen LogP contribution in [0.25, 0.3) is 16.5 Å². The number of benzene rings is 2. The van der Waals surface area contributed by atoms with Crippen molar-refractivity contribution < 1.29 is 0 Å². The summed E-state index contributed by atoms with van der Waals surface area (Å²) in [7, 11) is 4.21. The SMILES string of the molecule is CS/C=C(\N)c1cccc2cccc(CCN(C)C)c12. The largest absolute Gasteiger partial charge is 0.398 e. The molecule has 3 heteroatoms. The number of hydrogen-bond acceptors (Lipinski definition) is 3. The van der Waals surface area contributed by atoms with Crippen LogP contribution in [0.15, 0.2) is 41.8 Å². The molecule has 0 aliphatic carbocycles. The van der Waals surface area contributed by atoms with Crippen molar-refractivity contribution in [3.8, 4) is 0 Å². The fourth-order valence-corrected chi connectivity index (χ4v) is 2.78. The molecule has 0 bridgehead atoms. The molecule has 0 saturated heterocycles. The van der Waals surface area contributed by atoms with Crippen LogP contribution in [0.2, 0.25) is 0 Å². The molecule has 0 aliphatic rings. The van der Waals surface area contributed by atoms with Gasteiger partial charge in [0.1, 0.15) is 0 Å². The van der Waals surface area contributed by atoms with E-state index in [0.717, 1.165) is 24.2 Å². The predicted molar refractivity (Wildman–Crippen MR) is 91.9 cm³/mol. The van der Waals surface area contributed by atoms with Gasteiger partial charge in [-0.05, 0) is 48.5 Å². The van der Waals surface area contributed by atoms with E-state index in [1.807, 2.05) is 11.7 Å². The molecule has 106 valence electrons. The average Bonchev–Trinajstić information content (AvgIpc) is 2.44. The Morgan fingerprint density at radius 2 is 1.90 bits per heavy atom. The number of rotatable bonds is 5. The Labute approximate surface area is 125 Å². The van der Waals surface area contributed by atoms with Gasteiger partial charge < -0.3 is 10.6 Å². The first kappa shape index (κ1) is 14.9. The second kappa shape index (κ2) is 6.82. The van der Waals surface area contributed by atoms with E-state index in [2.05, 4.69) is 55.4 Å². The molecule has 0 amide bonds. The van der Waals surface area contributed by atoms with Crippen LogP contribution in [0.5, 0.6) is 0 Å². The summed E-state index contributed by atoms with van der Waals surface area (Å²) in [6.07, 6.45) is 3.07. The summed E-state index contributed by atoms with van der Waals surface area (Å²) in [5, 5.41) is 4.56. The Balaban J connectivity index is 2.55. The fourth-order valence-electron chi connectivity index (χ4n) is 2.40. The summed E-state index contributed by atoms with van der Waals surface area (Å²) >= 11 is 1.64. The number of nitrogens with two attached hydrogens (primary N) is 1. The minimum absolute atomic E-state index is 0.848. The number of hydrogen-bond donors (Lipinski definition) is 1. The monoisotopic (exact) mass is 286 g/mol. The summed E-state index contributed by atoms with van der Waals surface area (Å²) in [5.74, 6) is 0. The fraction of sp³-hybridized carbons (Fsp3) is 0.294. The molecule has 0 heterocycles. The van der Waals surface area contributed by atoms with Crippen molar-refractivity contribution in [3.05, 3.63) is 52.9 Å². The summed E-state index contributed by atoms with van der Waals surface area (Å²) in [4.78, 5) is 2.21. The predicted octanol–water partition coefficient (Wildman–Crippen LogP) is 3.56. The molecule has 2 nitrogen and oxygen atoms in total. The van der Waals surface area contributed by atoms with E-state index in [9.17, 15) is 0 Å². The first-order valence-corrected chi connectivity index (χ1v) is 8.06. The van der Waals surface area contributed by atoms with E-state index in [-0.39, 0.29) is 0 Å². The van der Waals surface area contributed by atoms with Crippen LogP contribution in [0.3, 0.4) is 0 Å². The van der Waals surface area contributed by atoms with E-state index in [1.165, 1.54) is 16.3 Å². The first-order chi connectivity index (χ1) is 9.63. The van der Waals surface area contributed by atoms with Crippen molar-refractivity contribution in [1.29, 1.82) is 0 Å². The third-order valence-electron chi connectivity index (χ3n) is 3.38. The van der Waals surface area contributed by atoms with Crippen molar-refractivity contribution in [2.45, 2.75) is 6.42 Å². The Kier molecular flexibility index (Phi) is 5.10. The van der Waals surface area contributed by atoms with Crippen LogP contribution < -0.4 is 5.73 Å². The van der Waals surface area contributed by atoms with Gasteiger partial charge in [0, 0.05) is 17.8 Å². The maximum Gasteiger partial charge on any atom is 0.0457 e. The third-order valence-corrected chi connectivity index (χ3v) is 3.86. The second-order valence-electron chi connectivity index (χ2n) is 5.18. The smallest absolute Gasteiger partial charge is 0.0457 e. The van der Waals surface area contributed by atoms with Gasteiger partial charge in [-0.3, -0.25) is 0 Å². The molecule has 0 atom stereocenters. The lowest BCUT2D eigenvalue weighted by atomic mass is 9.96. The third kappa shape index (κ3) is 3.35. The van der Waals surface area contributed by atoms with E-state index in [4.69, 9.17) is 5.73 Å².